The van der Waals surface area contributed by atoms with E-state index in [0.29, 0.717) is 37.7 Å². The van der Waals surface area contributed by atoms with E-state index in [1.165, 1.54) is 30.8 Å². The number of hydrogen-bond donors (Lipinski definition) is 0. The molecule has 216 valence electrons. The Morgan fingerprint density at radius 3 is 2.29 bits per heavy atom. The number of benzene rings is 2. The molecule has 3 amide bonds. The highest BCUT2D eigenvalue weighted by Gasteiger charge is 2.40. The average molecular weight is 578 g/mol. The normalized spacial score (nSPS) is 17.9. The van der Waals surface area contributed by atoms with Crippen molar-refractivity contribution in [3.63, 3.8) is 0 Å². The molecule has 1 aromatic heterocycles. The summed E-state index contributed by atoms with van der Waals surface area (Å²) in [4.78, 5) is 44.3. The van der Waals surface area contributed by atoms with E-state index < -0.39 is 0 Å². The van der Waals surface area contributed by atoms with E-state index in [0.717, 1.165) is 22.4 Å². The molecule has 0 bridgehead atoms. The fraction of sp³-hybridized carbons (Fsp3) is 0.419. The van der Waals surface area contributed by atoms with E-state index in [-0.39, 0.29) is 46.5 Å². The smallest absolute Gasteiger partial charge is 0.242 e. The highest BCUT2D eigenvalue weighted by molar-refractivity contribution is 8.00. The topological polar surface area (TPSA) is 78.8 Å². The van der Waals surface area contributed by atoms with Crippen LogP contribution in [-0.2, 0) is 19.8 Å². The minimum Gasteiger partial charge on any atom is -0.339 e. The first-order valence-corrected chi connectivity index (χ1v) is 14.9. The SMILES string of the molecule is CC(=O)N1CCN(C(=O)CN2C(=O)CS[C@H](c3cccc(C)c3)c3c(C(C)(C)C)nn(-c4ccc(F)cc4)c32)CC1. The minimum absolute atomic E-state index is 0.0124. The van der Waals surface area contributed by atoms with Gasteiger partial charge in [-0.3, -0.25) is 19.3 Å². The quantitative estimate of drug-likeness (QED) is 0.457. The van der Waals surface area contributed by atoms with Crippen LogP contribution in [0.25, 0.3) is 5.69 Å². The summed E-state index contributed by atoms with van der Waals surface area (Å²) in [6.45, 7) is 11.4. The van der Waals surface area contributed by atoms with Gasteiger partial charge in [-0.05, 0) is 36.8 Å². The molecule has 2 aliphatic heterocycles. The maximum Gasteiger partial charge on any atom is 0.242 e. The summed E-state index contributed by atoms with van der Waals surface area (Å²) in [6, 6.07) is 14.3. The van der Waals surface area contributed by atoms with Crippen LogP contribution in [0.5, 0.6) is 0 Å². The van der Waals surface area contributed by atoms with Gasteiger partial charge in [0.1, 0.15) is 18.2 Å². The van der Waals surface area contributed by atoms with Gasteiger partial charge in [0.05, 0.1) is 22.4 Å². The average Bonchev–Trinajstić information content (AvgIpc) is 3.26. The molecule has 3 aromatic rings. The third kappa shape index (κ3) is 5.88. The number of rotatable bonds is 4. The van der Waals surface area contributed by atoms with Crippen molar-refractivity contribution in [3.8, 4) is 5.69 Å². The molecule has 2 aromatic carbocycles. The molecular formula is C31H36FN5O3S. The lowest BCUT2D eigenvalue weighted by molar-refractivity contribution is -0.137. The molecule has 8 nitrogen and oxygen atoms in total. The Labute approximate surface area is 244 Å². The van der Waals surface area contributed by atoms with Crippen molar-refractivity contribution < 1.29 is 18.8 Å². The fourth-order valence-corrected chi connectivity index (χ4v) is 6.63. The van der Waals surface area contributed by atoms with Gasteiger partial charge in [-0.2, -0.15) is 5.10 Å². The number of piperazine rings is 1. The summed E-state index contributed by atoms with van der Waals surface area (Å²) < 4.78 is 15.6. The van der Waals surface area contributed by atoms with Gasteiger partial charge in [-0.15, -0.1) is 11.8 Å². The molecule has 2 aliphatic rings. The number of amides is 3. The number of aromatic nitrogens is 2. The van der Waals surface area contributed by atoms with Crippen molar-refractivity contribution in [1.29, 1.82) is 0 Å². The second-order valence-corrected chi connectivity index (χ2v) is 12.8. The number of hydrogen-bond acceptors (Lipinski definition) is 5. The summed E-state index contributed by atoms with van der Waals surface area (Å²) in [5.74, 6) is -0.0306. The Hall–Kier alpha value is -3.66. The Kier molecular flexibility index (Phi) is 7.96. The number of carbonyl (C=O) groups excluding carboxylic acids is 3. The van der Waals surface area contributed by atoms with Crippen molar-refractivity contribution in [3.05, 3.63) is 76.7 Å². The zero-order chi connectivity index (χ0) is 29.5. The zero-order valence-corrected chi connectivity index (χ0v) is 25.0. The van der Waals surface area contributed by atoms with E-state index >= 15 is 0 Å². The second-order valence-electron chi connectivity index (χ2n) is 11.7. The third-order valence-electron chi connectivity index (χ3n) is 7.59. The molecule has 3 heterocycles. The van der Waals surface area contributed by atoms with Crippen LogP contribution in [0.3, 0.4) is 0 Å². The van der Waals surface area contributed by atoms with E-state index in [2.05, 4.69) is 32.9 Å². The number of aryl methyl sites for hydroxylation is 1. The number of carbonyl (C=O) groups is 3. The molecule has 1 fully saturated rings. The van der Waals surface area contributed by atoms with Crippen LogP contribution in [0.4, 0.5) is 10.2 Å². The Morgan fingerprint density at radius 1 is 1.02 bits per heavy atom. The molecule has 0 N–H and O–H groups in total. The van der Waals surface area contributed by atoms with E-state index in [4.69, 9.17) is 5.10 Å². The number of anilines is 1. The van der Waals surface area contributed by atoms with Gasteiger partial charge < -0.3 is 9.80 Å². The number of thioether (sulfide) groups is 1. The molecule has 5 rings (SSSR count). The van der Waals surface area contributed by atoms with Crippen molar-refractivity contribution in [2.75, 3.05) is 43.4 Å². The molecular weight excluding hydrogens is 541 g/mol. The first-order valence-electron chi connectivity index (χ1n) is 13.8. The lowest BCUT2D eigenvalue weighted by Crippen LogP contribution is -2.53. The summed E-state index contributed by atoms with van der Waals surface area (Å²) in [5.41, 5.74) is 4.09. The van der Waals surface area contributed by atoms with Crippen LogP contribution >= 0.6 is 11.8 Å². The standard InChI is InChI=1S/C31H36FN5O3S/c1-20-7-6-8-22(17-20)28-27-29(31(3,4)5)33-37(24-11-9-23(32)10-12-24)30(27)36(26(40)19-41-28)18-25(39)35-15-13-34(14-16-35)21(2)38/h6-12,17,28H,13-16,18-19H2,1-5H3/t28-/m1/s1. The minimum atomic E-state index is -0.385. The third-order valence-corrected chi connectivity index (χ3v) is 8.84. The van der Waals surface area contributed by atoms with E-state index in [1.807, 2.05) is 19.1 Å². The van der Waals surface area contributed by atoms with E-state index in [1.54, 1.807) is 31.5 Å². The Bertz CT molecular complexity index is 1470. The van der Waals surface area contributed by atoms with Crippen LogP contribution in [0.2, 0.25) is 0 Å². The van der Waals surface area contributed by atoms with Gasteiger partial charge in [0.15, 0.2) is 0 Å². The first-order chi connectivity index (χ1) is 19.4. The van der Waals surface area contributed by atoms with Gasteiger partial charge in [0.25, 0.3) is 0 Å². The summed E-state index contributed by atoms with van der Waals surface area (Å²) in [7, 11) is 0. The summed E-state index contributed by atoms with van der Waals surface area (Å²) in [5, 5.41) is 4.86. The van der Waals surface area contributed by atoms with Crippen molar-refractivity contribution in [1.82, 2.24) is 19.6 Å². The lowest BCUT2D eigenvalue weighted by atomic mass is 9.87. The molecule has 0 aliphatic carbocycles. The van der Waals surface area contributed by atoms with Gasteiger partial charge in [0.2, 0.25) is 17.7 Å². The van der Waals surface area contributed by atoms with E-state index in [9.17, 15) is 18.8 Å². The van der Waals surface area contributed by atoms with Crippen molar-refractivity contribution in [2.24, 2.45) is 0 Å². The second kappa shape index (κ2) is 11.3. The molecule has 0 spiro atoms. The first kappa shape index (κ1) is 28.9. The van der Waals surface area contributed by atoms with Crippen LogP contribution < -0.4 is 4.90 Å². The Morgan fingerprint density at radius 2 is 1.68 bits per heavy atom. The monoisotopic (exact) mass is 577 g/mol. The highest BCUT2D eigenvalue weighted by atomic mass is 32.2. The maximum absolute atomic E-state index is 13.9. The molecule has 1 atom stereocenters. The molecule has 1 saturated heterocycles. The lowest BCUT2D eigenvalue weighted by Gasteiger charge is -2.35. The number of halogens is 1. The largest absolute Gasteiger partial charge is 0.339 e. The zero-order valence-electron chi connectivity index (χ0n) is 24.2. The molecule has 0 saturated carbocycles. The van der Waals surface area contributed by atoms with Crippen LogP contribution in [-0.4, -0.2) is 75.8 Å². The van der Waals surface area contributed by atoms with Gasteiger partial charge in [-0.25, -0.2) is 9.07 Å². The summed E-state index contributed by atoms with van der Waals surface area (Å²) >= 11 is 1.53. The summed E-state index contributed by atoms with van der Waals surface area (Å²) in [6.07, 6.45) is 0. The Balaban J connectivity index is 1.65. The molecule has 0 radical (unpaired) electrons. The maximum atomic E-state index is 13.9. The molecule has 0 unspecified atom stereocenters. The predicted octanol–water partition coefficient (Wildman–Crippen LogP) is 4.48. The number of fused-ring (bicyclic) bond motifs is 1. The fourth-order valence-electron chi connectivity index (χ4n) is 5.44. The van der Waals surface area contributed by atoms with Crippen molar-refractivity contribution >= 4 is 35.3 Å². The highest BCUT2D eigenvalue weighted by Crippen LogP contribution is 2.48. The van der Waals surface area contributed by atoms with Gasteiger partial charge in [-0.1, -0.05) is 50.6 Å². The number of nitrogens with zero attached hydrogens (tertiary/aromatic N) is 5. The van der Waals surface area contributed by atoms with Crippen molar-refractivity contribution in [2.45, 2.75) is 45.3 Å². The van der Waals surface area contributed by atoms with Crippen LogP contribution in [0.15, 0.2) is 48.5 Å². The molecule has 10 heteroatoms. The van der Waals surface area contributed by atoms with Gasteiger partial charge >= 0.3 is 0 Å². The molecule has 41 heavy (non-hydrogen) atoms. The van der Waals surface area contributed by atoms with Crippen LogP contribution in [0, 0.1) is 12.7 Å². The van der Waals surface area contributed by atoms with Gasteiger partial charge in [0, 0.05) is 44.1 Å². The predicted molar refractivity (Wildman–Crippen MR) is 159 cm³/mol. The van der Waals surface area contributed by atoms with Crippen LogP contribution in [0.1, 0.15) is 55.3 Å².